The molecular formula is C18H17F6NO3S. The molecule has 4 nitrogen and oxygen atoms in total. The Balaban J connectivity index is 2.05. The van der Waals surface area contributed by atoms with Crippen molar-refractivity contribution in [3.05, 3.63) is 52.1 Å². The Labute approximate surface area is 166 Å². The van der Waals surface area contributed by atoms with Gasteiger partial charge in [-0.05, 0) is 43.2 Å². The summed E-state index contributed by atoms with van der Waals surface area (Å²) in [6, 6.07) is 0.857. The first-order valence-corrected chi connectivity index (χ1v) is 9.16. The number of nitrogens with one attached hydrogen (secondary N) is 1. The van der Waals surface area contributed by atoms with E-state index >= 15 is 0 Å². The molecule has 0 amide bonds. The maximum absolute atomic E-state index is 12.9. The fourth-order valence-corrected chi connectivity index (χ4v) is 2.86. The minimum absolute atomic E-state index is 0.00761. The molecule has 1 unspecified atom stereocenters. The van der Waals surface area contributed by atoms with Gasteiger partial charge in [0.25, 0.3) is 0 Å². The number of allylic oxidation sites excluding steroid dienone is 4. The van der Waals surface area contributed by atoms with Gasteiger partial charge in [0.05, 0.1) is 11.1 Å². The molecule has 0 saturated heterocycles. The Kier molecular flexibility index (Phi) is 7.64. The van der Waals surface area contributed by atoms with Crippen LogP contribution in [0.4, 0.5) is 26.3 Å². The average molecular weight is 441 g/mol. The van der Waals surface area contributed by atoms with Crippen LogP contribution in [0.25, 0.3) is 0 Å². The summed E-state index contributed by atoms with van der Waals surface area (Å²) in [6.07, 6.45) is -6.17. The third kappa shape index (κ3) is 7.00. The number of hydrogen-bond donors (Lipinski definition) is 2. The molecule has 2 rings (SSSR count). The number of alkyl halides is 6. The largest absolute Gasteiger partial charge is 0.483 e. The first-order chi connectivity index (χ1) is 13.5. The summed E-state index contributed by atoms with van der Waals surface area (Å²) in [4.78, 5) is 12.0. The predicted octanol–water partition coefficient (Wildman–Crippen LogP) is 5.42. The number of ether oxygens (including phenoxy) is 1. The van der Waals surface area contributed by atoms with E-state index in [1.165, 1.54) is 0 Å². The van der Waals surface area contributed by atoms with E-state index in [4.69, 9.17) is 9.29 Å². The first kappa shape index (κ1) is 23.1. The highest BCUT2D eigenvalue weighted by atomic mass is 32.2. The molecule has 0 heterocycles. The fourth-order valence-electron chi connectivity index (χ4n) is 2.54. The Hall–Kier alpha value is -2.14. The van der Waals surface area contributed by atoms with Crippen LogP contribution >= 0.6 is 12.0 Å². The summed E-state index contributed by atoms with van der Waals surface area (Å²) in [5.74, 6) is -0.686. The Morgan fingerprint density at radius 1 is 1.07 bits per heavy atom. The number of hydrogen-bond acceptors (Lipinski definition) is 5. The lowest BCUT2D eigenvalue weighted by molar-refractivity contribution is -0.143. The highest BCUT2D eigenvalue weighted by Crippen LogP contribution is 2.38. The number of benzene rings is 1. The molecule has 1 aromatic carbocycles. The third-order valence-electron chi connectivity index (χ3n) is 4.01. The van der Waals surface area contributed by atoms with Gasteiger partial charge in [-0.25, -0.2) is 0 Å². The van der Waals surface area contributed by atoms with E-state index in [-0.39, 0.29) is 19.0 Å². The fraction of sp³-hybridized carbons (Fsp3) is 0.389. The summed E-state index contributed by atoms with van der Waals surface area (Å²) < 4.78 is 91.3. The SMILES string of the molecule is O=CC(CCNC1=CC=C(SO)CC1)Oc1cc(C(F)(F)F)cc(C(F)(F)F)c1. The van der Waals surface area contributed by atoms with Gasteiger partial charge in [0.15, 0.2) is 12.4 Å². The molecule has 0 saturated carbocycles. The second-order valence-electron chi connectivity index (χ2n) is 6.17. The van der Waals surface area contributed by atoms with Gasteiger partial charge in [-0.1, -0.05) is 0 Å². The van der Waals surface area contributed by atoms with Crippen molar-refractivity contribution in [2.45, 2.75) is 37.7 Å². The van der Waals surface area contributed by atoms with Crippen LogP contribution in [0.3, 0.4) is 0 Å². The zero-order chi connectivity index (χ0) is 21.7. The predicted molar refractivity (Wildman–Crippen MR) is 95.2 cm³/mol. The van der Waals surface area contributed by atoms with E-state index in [1.54, 1.807) is 12.2 Å². The van der Waals surface area contributed by atoms with E-state index in [9.17, 15) is 31.1 Å². The maximum Gasteiger partial charge on any atom is 0.416 e. The summed E-state index contributed by atoms with van der Waals surface area (Å²) in [7, 11) is 0. The van der Waals surface area contributed by atoms with Crippen LogP contribution in [0.5, 0.6) is 5.75 Å². The van der Waals surface area contributed by atoms with Crippen molar-refractivity contribution in [3.63, 3.8) is 0 Å². The molecule has 0 aromatic heterocycles. The maximum atomic E-state index is 12.9. The van der Waals surface area contributed by atoms with Crippen molar-refractivity contribution in [1.29, 1.82) is 0 Å². The van der Waals surface area contributed by atoms with Crippen molar-refractivity contribution in [1.82, 2.24) is 5.32 Å². The molecule has 0 aliphatic heterocycles. The van der Waals surface area contributed by atoms with Gasteiger partial charge < -0.3 is 14.6 Å². The summed E-state index contributed by atoms with van der Waals surface area (Å²) in [6.45, 7) is 0.218. The number of rotatable bonds is 8. The second-order valence-corrected chi connectivity index (χ2v) is 6.87. The first-order valence-electron chi connectivity index (χ1n) is 8.39. The van der Waals surface area contributed by atoms with Gasteiger partial charge in [0.2, 0.25) is 0 Å². The summed E-state index contributed by atoms with van der Waals surface area (Å²) in [5.41, 5.74) is -2.20. The topological polar surface area (TPSA) is 58.6 Å². The van der Waals surface area contributed by atoms with Crippen LogP contribution in [0.1, 0.15) is 30.4 Å². The Morgan fingerprint density at radius 3 is 2.14 bits per heavy atom. The van der Waals surface area contributed by atoms with Crippen LogP contribution in [0.15, 0.2) is 41.0 Å². The van der Waals surface area contributed by atoms with Crippen LogP contribution < -0.4 is 10.1 Å². The normalized spacial score (nSPS) is 16.0. The molecule has 1 aromatic rings. The van der Waals surface area contributed by atoms with Crippen molar-refractivity contribution < 1.29 is 40.4 Å². The van der Waals surface area contributed by atoms with Crippen molar-refractivity contribution in [3.8, 4) is 5.75 Å². The number of carbonyl (C=O) groups excluding carboxylic acids is 1. The molecule has 2 N–H and O–H groups in total. The standard InChI is InChI=1S/C18H17F6NO3S/c19-17(20,21)11-7-12(18(22,23)24)9-15(8-11)28-14(10-26)5-6-25-13-1-3-16(29-27)4-2-13/h1,3,7-10,14,25,27H,2,4-6H2. The minimum Gasteiger partial charge on any atom is -0.483 e. The summed E-state index contributed by atoms with van der Waals surface area (Å²) in [5, 5.41) is 3.01. The number of aldehydes is 1. The van der Waals surface area contributed by atoms with E-state index in [2.05, 4.69) is 5.32 Å². The minimum atomic E-state index is -5.00. The lowest BCUT2D eigenvalue weighted by Crippen LogP contribution is -2.26. The van der Waals surface area contributed by atoms with Crippen LogP contribution in [0.2, 0.25) is 0 Å². The smallest absolute Gasteiger partial charge is 0.416 e. The molecule has 0 radical (unpaired) electrons. The molecule has 160 valence electrons. The third-order valence-corrected chi connectivity index (χ3v) is 4.58. The zero-order valence-corrected chi connectivity index (χ0v) is 15.6. The van der Waals surface area contributed by atoms with Crippen LogP contribution in [-0.4, -0.2) is 23.5 Å². The molecule has 0 bridgehead atoms. The molecule has 11 heteroatoms. The van der Waals surface area contributed by atoms with Gasteiger partial charge in [-0.3, -0.25) is 4.79 Å². The van der Waals surface area contributed by atoms with Crippen molar-refractivity contribution in [2.24, 2.45) is 0 Å². The molecule has 1 aliphatic rings. The molecule has 0 spiro atoms. The molecule has 1 aliphatic carbocycles. The molecule has 0 fully saturated rings. The van der Waals surface area contributed by atoms with Crippen molar-refractivity contribution >= 4 is 18.3 Å². The van der Waals surface area contributed by atoms with Crippen molar-refractivity contribution in [2.75, 3.05) is 6.54 Å². The molecule has 29 heavy (non-hydrogen) atoms. The van der Waals surface area contributed by atoms with E-state index in [0.717, 1.165) is 10.6 Å². The number of halogens is 6. The van der Waals surface area contributed by atoms with Gasteiger partial charge in [0.1, 0.15) is 5.75 Å². The van der Waals surface area contributed by atoms with Crippen LogP contribution in [-0.2, 0) is 17.1 Å². The molecule has 1 atom stereocenters. The molecular weight excluding hydrogens is 424 g/mol. The highest BCUT2D eigenvalue weighted by Gasteiger charge is 2.37. The summed E-state index contributed by atoms with van der Waals surface area (Å²) >= 11 is 0.649. The van der Waals surface area contributed by atoms with E-state index in [1.807, 2.05) is 0 Å². The zero-order valence-electron chi connectivity index (χ0n) is 14.8. The van der Waals surface area contributed by atoms with Gasteiger partial charge in [0, 0.05) is 35.6 Å². The van der Waals surface area contributed by atoms with Crippen LogP contribution in [0, 0.1) is 0 Å². The lowest BCUT2D eigenvalue weighted by atomic mass is 10.1. The quantitative estimate of drug-likeness (QED) is 0.321. The number of carbonyl (C=O) groups is 1. The second kappa shape index (κ2) is 9.57. The van der Waals surface area contributed by atoms with E-state index in [0.29, 0.717) is 43.3 Å². The van der Waals surface area contributed by atoms with Gasteiger partial charge in [-0.2, -0.15) is 26.3 Å². The average Bonchev–Trinajstić information content (AvgIpc) is 2.66. The lowest BCUT2D eigenvalue weighted by Gasteiger charge is -2.19. The Bertz CT molecular complexity index is 757. The van der Waals surface area contributed by atoms with Gasteiger partial charge >= 0.3 is 12.4 Å². The highest BCUT2D eigenvalue weighted by molar-refractivity contribution is 7.97. The Morgan fingerprint density at radius 2 is 1.69 bits per heavy atom. The monoisotopic (exact) mass is 441 g/mol. The van der Waals surface area contributed by atoms with E-state index < -0.39 is 35.3 Å². The van der Waals surface area contributed by atoms with Gasteiger partial charge in [-0.15, -0.1) is 0 Å².